The van der Waals surface area contributed by atoms with Gasteiger partial charge in [0.2, 0.25) is 0 Å². The summed E-state index contributed by atoms with van der Waals surface area (Å²) in [4.78, 5) is 27.2. The molecule has 0 aliphatic heterocycles. The maximum Gasteiger partial charge on any atom is 0.441 e. The Bertz CT molecular complexity index is 452. The van der Waals surface area contributed by atoms with Gasteiger partial charge < -0.3 is 14.7 Å². The molecule has 0 aromatic heterocycles. The van der Waals surface area contributed by atoms with Crippen LogP contribution in [0.25, 0.3) is 0 Å². The topological polar surface area (TPSA) is 84.9 Å². The average Bonchev–Trinajstić information content (AvgIpc) is 2.35. The van der Waals surface area contributed by atoms with E-state index in [4.69, 9.17) is 4.74 Å². The highest BCUT2D eigenvalue weighted by molar-refractivity contribution is 5.73. The highest BCUT2D eigenvalue weighted by Gasteiger charge is 2.19. The molecule has 1 rings (SSSR count). The molecule has 1 aromatic rings. The second-order valence-electron chi connectivity index (χ2n) is 5.21. The fraction of sp³-hybridized carbons (Fsp3) is 0.429. The molecule has 2 N–H and O–H groups in total. The minimum absolute atomic E-state index is 0.264. The lowest BCUT2D eigenvalue weighted by atomic mass is 10.1. The Morgan fingerprint density at radius 2 is 1.85 bits per heavy atom. The lowest BCUT2D eigenvalue weighted by molar-refractivity contribution is -0.152. The van der Waals surface area contributed by atoms with Crippen LogP contribution in [0.5, 0.6) is 0 Å². The minimum atomic E-state index is -0.982. The smallest absolute Gasteiger partial charge is 0.441 e. The fourth-order valence-corrected chi connectivity index (χ4v) is 1.39. The molecular weight excluding hydrogens is 262 g/mol. The summed E-state index contributed by atoms with van der Waals surface area (Å²) < 4.78 is 4.89. The van der Waals surface area contributed by atoms with Gasteiger partial charge in [-0.05, 0) is 26.3 Å². The standard InChI is InChI=1S/C14H19NO5/c1-14(2,3)19-13(18)15-20-12(17)9-11(16)10-7-5-4-6-8-10/h4-8,11,16H,9H2,1-3H3,(H,15,18). The molecule has 0 aliphatic carbocycles. The molecule has 0 saturated carbocycles. The van der Waals surface area contributed by atoms with Crippen molar-refractivity contribution in [3.8, 4) is 0 Å². The van der Waals surface area contributed by atoms with Crippen LogP contribution < -0.4 is 5.48 Å². The van der Waals surface area contributed by atoms with Gasteiger partial charge in [-0.2, -0.15) is 0 Å². The van der Waals surface area contributed by atoms with E-state index in [1.165, 1.54) is 0 Å². The normalized spacial score (nSPS) is 12.4. The van der Waals surface area contributed by atoms with E-state index in [0.717, 1.165) is 0 Å². The van der Waals surface area contributed by atoms with Crippen LogP contribution in [0.15, 0.2) is 30.3 Å². The number of amides is 1. The molecule has 1 aromatic carbocycles. The quantitative estimate of drug-likeness (QED) is 0.829. The first kappa shape index (κ1) is 16.0. The zero-order valence-corrected chi connectivity index (χ0v) is 11.8. The molecule has 0 bridgehead atoms. The summed E-state index contributed by atoms with van der Waals surface area (Å²) in [6, 6.07) is 8.70. The van der Waals surface area contributed by atoms with Crippen LogP contribution in [0.1, 0.15) is 38.9 Å². The number of carbonyl (C=O) groups is 2. The number of ether oxygens (including phenoxy) is 1. The maximum atomic E-state index is 11.4. The van der Waals surface area contributed by atoms with Crippen molar-refractivity contribution in [3.05, 3.63) is 35.9 Å². The Balaban J connectivity index is 2.36. The van der Waals surface area contributed by atoms with E-state index in [-0.39, 0.29) is 6.42 Å². The van der Waals surface area contributed by atoms with Crippen molar-refractivity contribution in [2.75, 3.05) is 0 Å². The minimum Gasteiger partial charge on any atom is -0.442 e. The number of hydrogen-bond donors (Lipinski definition) is 2. The summed E-state index contributed by atoms with van der Waals surface area (Å²) in [6.45, 7) is 5.06. The summed E-state index contributed by atoms with van der Waals surface area (Å²) in [7, 11) is 0. The van der Waals surface area contributed by atoms with E-state index in [1.807, 2.05) is 5.48 Å². The second kappa shape index (κ2) is 6.91. The summed E-state index contributed by atoms with van der Waals surface area (Å²) in [5.41, 5.74) is 1.79. The fourth-order valence-electron chi connectivity index (χ4n) is 1.39. The Morgan fingerprint density at radius 1 is 1.25 bits per heavy atom. The molecule has 0 saturated heterocycles. The molecule has 0 spiro atoms. The van der Waals surface area contributed by atoms with Crippen molar-refractivity contribution in [1.82, 2.24) is 5.48 Å². The Kier molecular flexibility index (Phi) is 5.52. The van der Waals surface area contributed by atoms with Gasteiger partial charge >= 0.3 is 12.1 Å². The van der Waals surface area contributed by atoms with Gasteiger partial charge in [-0.3, -0.25) is 0 Å². The lowest BCUT2D eigenvalue weighted by Gasteiger charge is -2.19. The molecule has 110 valence electrons. The van der Waals surface area contributed by atoms with Gasteiger partial charge in [0, 0.05) is 0 Å². The first-order valence-corrected chi connectivity index (χ1v) is 6.19. The van der Waals surface area contributed by atoms with E-state index in [1.54, 1.807) is 51.1 Å². The number of hydrogen-bond acceptors (Lipinski definition) is 5. The van der Waals surface area contributed by atoms with Crippen molar-refractivity contribution in [1.29, 1.82) is 0 Å². The largest absolute Gasteiger partial charge is 0.442 e. The molecule has 1 amide bonds. The van der Waals surface area contributed by atoms with Crippen LogP contribution in [0.3, 0.4) is 0 Å². The maximum absolute atomic E-state index is 11.4. The number of benzene rings is 1. The third kappa shape index (κ3) is 6.19. The van der Waals surface area contributed by atoms with Crippen molar-refractivity contribution in [3.63, 3.8) is 0 Å². The first-order chi connectivity index (χ1) is 9.28. The van der Waals surface area contributed by atoms with E-state index >= 15 is 0 Å². The van der Waals surface area contributed by atoms with Crippen molar-refractivity contribution in [2.45, 2.75) is 38.9 Å². The van der Waals surface area contributed by atoms with Gasteiger partial charge in [0.05, 0.1) is 12.5 Å². The predicted octanol–water partition coefficient (Wildman–Crippen LogP) is 2.09. The third-order valence-electron chi connectivity index (χ3n) is 2.19. The Labute approximate surface area is 117 Å². The highest BCUT2D eigenvalue weighted by Crippen LogP contribution is 2.16. The SMILES string of the molecule is CC(C)(C)OC(=O)NOC(=O)CC(O)c1ccccc1. The van der Waals surface area contributed by atoms with Gasteiger partial charge in [0.25, 0.3) is 0 Å². The molecular formula is C14H19NO5. The van der Waals surface area contributed by atoms with E-state index < -0.39 is 23.8 Å². The van der Waals surface area contributed by atoms with Gasteiger partial charge in [0.1, 0.15) is 5.60 Å². The van der Waals surface area contributed by atoms with Gasteiger partial charge in [-0.1, -0.05) is 30.3 Å². The molecule has 0 radical (unpaired) electrons. The molecule has 6 nitrogen and oxygen atoms in total. The van der Waals surface area contributed by atoms with Gasteiger partial charge in [-0.15, -0.1) is 5.48 Å². The molecule has 0 fully saturated rings. The van der Waals surface area contributed by atoms with Crippen LogP contribution in [0.4, 0.5) is 4.79 Å². The van der Waals surface area contributed by atoms with Crippen LogP contribution in [0, 0.1) is 0 Å². The molecule has 6 heteroatoms. The zero-order valence-electron chi connectivity index (χ0n) is 11.8. The third-order valence-corrected chi connectivity index (χ3v) is 2.19. The van der Waals surface area contributed by atoms with E-state index in [2.05, 4.69) is 4.84 Å². The van der Waals surface area contributed by atoms with Crippen LogP contribution >= 0.6 is 0 Å². The number of hydroxylamine groups is 1. The van der Waals surface area contributed by atoms with Crippen LogP contribution in [0.2, 0.25) is 0 Å². The Hall–Kier alpha value is -2.08. The highest BCUT2D eigenvalue weighted by atomic mass is 16.7. The molecule has 1 unspecified atom stereocenters. The van der Waals surface area contributed by atoms with Crippen molar-refractivity contribution in [2.24, 2.45) is 0 Å². The molecule has 0 heterocycles. The summed E-state index contributed by atoms with van der Waals surface area (Å²) in [5, 5.41) is 9.80. The van der Waals surface area contributed by atoms with Crippen molar-refractivity contribution < 1.29 is 24.3 Å². The summed E-state index contributed by atoms with van der Waals surface area (Å²) in [6.07, 6.45) is -2.11. The number of carbonyl (C=O) groups excluding carboxylic acids is 2. The molecule has 1 atom stereocenters. The average molecular weight is 281 g/mol. The second-order valence-corrected chi connectivity index (χ2v) is 5.21. The first-order valence-electron chi connectivity index (χ1n) is 6.19. The number of nitrogens with one attached hydrogen (secondary N) is 1. The summed E-state index contributed by atoms with van der Waals surface area (Å²) in [5.74, 6) is -0.757. The predicted molar refractivity (Wildman–Crippen MR) is 71.5 cm³/mol. The van der Waals surface area contributed by atoms with Gasteiger partial charge in [0.15, 0.2) is 0 Å². The lowest BCUT2D eigenvalue weighted by Crippen LogP contribution is -2.34. The monoisotopic (exact) mass is 281 g/mol. The summed E-state index contributed by atoms with van der Waals surface area (Å²) >= 11 is 0. The van der Waals surface area contributed by atoms with Gasteiger partial charge in [-0.25, -0.2) is 9.59 Å². The van der Waals surface area contributed by atoms with E-state index in [9.17, 15) is 14.7 Å². The molecule has 0 aliphatic rings. The van der Waals surface area contributed by atoms with Crippen molar-refractivity contribution >= 4 is 12.1 Å². The van der Waals surface area contributed by atoms with E-state index in [0.29, 0.717) is 5.56 Å². The zero-order chi connectivity index (χ0) is 15.2. The van der Waals surface area contributed by atoms with Crippen LogP contribution in [-0.2, 0) is 14.4 Å². The Morgan fingerprint density at radius 3 is 2.40 bits per heavy atom. The number of rotatable bonds is 3. The number of aliphatic hydroxyl groups is 1. The number of aliphatic hydroxyl groups excluding tert-OH is 1. The molecule has 20 heavy (non-hydrogen) atoms. The van der Waals surface area contributed by atoms with Crippen LogP contribution in [-0.4, -0.2) is 22.8 Å².